The van der Waals surface area contributed by atoms with E-state index in [0.29, 0.717) is 17.7 Å². The molecule has 2 heterocycles. The molecular weight excluding hydrogens is 340 g/mol. The third-order valence-corrected chi connectivity index (χ3v) is 5.35. The Balaban J connectivity index is 1.50. The van der Waals surface area contributed by atoms with Crippen LogP contribution in [-0.2, 0) is 0 Å². The minimum absolute atomic E-state index is 0.215. The lowest BCUT2D eigenvalue weighted by Crippen LogP contribution is -2.20. The van der Waals surface area contributed by atoms with Crippen molar-refractivity contribution in [3.63, 3.8) is 0 Å². The predicted octanol–water partition coefficient (Wildman–Crippen LogP) is 3.72. The van der Waals surface area contributed by atoms with Crippen LogP contribution in [0.2, 0.25) is 0 Å². The molecule has 1 fully saturated rings. The maximum Gasteiger partial charge on any atom is 0.274 e. The first-order valence-corrected chi connectivity index (χ1v) is 9.47. The fourth-order valence-electron chi connectivity index (χ4n) is 3.77. The van der Waals surface area contributed by atoms with Gasteiger partial charge < -0.3 is 10.4 Å². The summed E-state index contributed by atoms with van der Waals surface area (Å²) in [5, 5.41) is 17.9. The van der Waals surface area contributed by atoms with E-state index in [1.165, 1.54) is 0 Å². The second-order valence-corrected chi connectivity index (χ2v) is 7.36. The number of pyridine rings is 1. The Bertz CT molecular complexity index is 958. The Hall–Kier alpha value is -2.73. The standard InChI is InChI=1S/C21H24N4O2/c1-14-3-2-4-20(22-14)21(27)23-17-7-10-19-16(11-17)12-25(24-19)18-8-5-15(13-26)6-9-18/h2-4,7,10-12,15,18,26H,5-6,8-9,13H2,1H3,(H,23,27). The maximum atomic E-state index is 12.4. The van der Waals surface area contributed by atoms with Crippen LogP contribution in [0.5, 0.6) is 0 Å². The van der Waals surface area contributed by atoms with Crippen LogP contribution in [0.4, 0.5) is 5.69 Å². The highest BCUT2D eigenvalue weighted by Crippen LogP contribution is 2.32. The molecule has 1 aliphatic rings. The van der Waals surface area contributed by atoms with Crippen LogP contribution < -0.4 is 5.32 Å². The molecule has 2 aromatic heterocycles. The molecule has 0 spiro atoms. The van der Waals surface area contributed by atoms with Crippen molar-refractivity contribution in [1.82, 2.24) is 14.8 Å². The smallest absolute Gasteiger partial charge is 0.274 e. The zero-order chi connectivity index (χ0) is 18.8. The number of rotatable bonds is 4. The molecule has 6 heteroatoms. The van der Waals surface area contributed by atoms with Crippen molar-refractivity contribution >= 4 is 22.5 Å². The number of benzene rings is 1. The molecule has 0 saturated heterocycles. The number of amides is 1. The second-order valence-electron chi connectivity index (χ2n) is 7.36. The van der Waals surface area contributed by atoms with E-state index in [2.05, 4.69) is 16.5 Å². The normalized spacial score (nSPS) is 19.9. The summed E-state index contributed by atoms with van der Waals surface area (Å²) >= 11 is 0. The number of hydrogen-bond acceptors (Lipinski definition) is 4. The van der Waals surface area contributed by atoms with Gasteiger partial charge in [-0.15, -0.1) is 0 Å². The van der Waals surface area contributed by atoms with Gasteiger partial charge in [0.05, 0.1) is 11.6 Å². The summed E-state index contributed by atoms with van der Waals surface area (Å²) in [6.45, 7) is 2.15. The van der Waals surface area contributed by atoms with Gasteiger partial charge in [-0.25, -0.2) is 4.98 Å². The molecule has 0 radical (unpaired) electrons. The number of carbonyl (C=O) groups excluding carboxylic acids is 1. The molecule has 1 aliphatic carbocycles. The third kappa shape index (κ3) is 3.85. The van der Waals surface area contributed by atoms with E-state index in [4.69, 9.17) is 5.10 Å². The summed E-state index contributed by atoms with van der Waals surface area (Å²) in [6.07, 6.45) is 6.23. The number of aryl methyl sites for hydroxylation is 1. The number of aliphatic hydroxyl groups is 1. The minimum atomic E-state index is -0.215. The van der Waals surface area contributed by atoms with Gasteiger partial charge in [0, 0.05) is 29.6 Å². The number of nitrogens with one attached hydrogen (secondary N) is 1. The van der Waals surface area contributed by atoms with E-state index in [0.717, 1.165) is 48.0 Å². The van der Waals surface area contributed by atoms with Gasteiger partial charge in [0.15, 0.2) is 0 Å². The van der Waals surface area contributed by atoms with Crippen LogP contribution >= 0.6 is 0 Å². The maximum absolute atomic E-state index is 12.4. The first-order chi connectivity index (χ1) is 13.1. The fourth-order valence-corrected chi connectivity index (χ4v) is 3.77. The first kappa shape index (κ1) is 17.7. The lowest BCUT2D eigenvalue weighted by atomic mass is 9.87. The molecule has 1 aromatic carbocycles. The molecule has 0 atom stereocenters. The van der Waals surface area contributed by atoms with E-state index < -0.39 is 0 Å². The number of anilines is 1. The van der Waals surface area contributed by atoms with Gasteiger partial charge in [-0.05, 0) is 68.9 Å². The van der Waals surface area contributed by atoms with Gasteiger partial charge in [-0.1, -0.05) is 6.07 Å². The average Bonchev–Trinajstić information content (AvgIpc) is 3.11. The summed E-state index contributed by atoms with van der Waals surface area (Å²) in [7, 11) is 0. The minimum Gasteiger partial charge on any atom is -0.396 e. The van der Waals surface area contributed by atoms with E-state index in [9.17, 15) is 9.90 Å². The third-order valence-electron chi connectivity index (χ3n) is 5.35. The monoisotopic (exact) mass is 364 g/mol. The van der Waals surface area contributed by atoms with Gasteiger partial charge in [-0.2, -0.15) is 5.10 Å². The van der Waals surface area contributed by atoms with Crippen LogP contribution in [-0.4, -0.2) is 32.4 Å². The lowest BCUT2D eigenvalue weighted by Gasteiger charge is -2.27. The molecule has 3 aromatic rings. The molecule has 2 N–H and O–H groups in total. The lowest BCUT2D eigenvalue weighted by molar-refractivity contribution is 0.102. The Morgan fingerprint density at radius 1 is 1.22 bits per heavy atom. The zero-order valence-electron chi connectivity index (χ0n) is 15.4. The fraction of sp³-hybridized carbons (Fsp3) is 0.381. The van der Waals surface area contributed by atoms with Crippen molar-refractivity contribution < 1.29 is 9.90 Å². The van der Waals surface area contributed by atoms with Crippen molar-refractivity contribution in [2.75, 3.05) is 11.9 Å². The summed E-state index contributed by atoms with van der Waals surface area (Å²) in [5.41, 5.74) is 2.88. The number of nitrogens with zero attached hydrogens (tertiary/aromatic N) is 3. The molecule has 0 bridgehead atoms. The van der Waals surface area contributed by atoms with E-state index in [1.54, 1.807) is 6.07 Å². The van der Waals surface area contributed by atoms with Crippen molar-refractivity contribution in [3.8, 4) is 0 Å². The van der Waals surface area contributed by atoms with Crippen molar-refractivity contribution in [3.05, 3.63) is 54.0 Å². The summed E-state index contributed by atoms with van der Waals surface area (Å²) in [4.78, 5) is 16.7. The van der Waals surface area contributed by atoms with Gasteiger partial charge in [0.1, 0.15) is 5.69 Å². The predicted molar refractivity (Wildman–Crippen MR) is 105 cm³/mol. The van der Waals surface area contributed by atoms with Crippen molar-refractivity contribution in [2.45, 2.75) is 38.6 Å². The summed E-state index contributed by atoms with van der Waals surface area (Å²) < 4.78 is 2.05. The van der Waals surface area contributed by atoms with Crippen molar-refractivity contribution in [2.24, 2.45) is 5.92 Å². The van der Waals surface area contributed by atoms with Gasteiger partial charge in [-0.3, -0.25) is 9.48 Å². The first-order valence-electron chi connectivity index (χ1n) is 9.47. The van der Waals surface area contributed by atoms with Crippen LogP contribution in [0.1, 0.15) is 47.9 Å². The van der Waals surface area contributed by atoms with Crippen LogP contribution in [0.3, 0.4) is 0 Å². The van der Waals surface area contributed by atoms with Gasteiger partial charge in [0.2, 0.25) is 0 Å². The SMILES string of the molecule is Cc1cccc(C(=O)Nc2ccc3nn(C4CCC(CO)CC4)cc3c2)n1. The highest BCUT2D eigenvalue weighted by molar-refractivity contribution is 6.03. The molecule has 0 aliphatic heterocycles. The Labute approximate surface area is 158 Å². The molecule has 140 valence electrons. The highest BCUT2D eigenvalue weighted by Gasteiger charge is 2.22. The Morgan fingerprint density at radius 3 is 2.78 bits per heavy atom. The van der Waals surface area contributed by atoms with E-state index in [1.807, 2.05) is 41.9 Å². The molecule has 6 nitrogen and oxygen atoms in total. The Kier molecular flexibility index (Phi) is 4.90. The van der Waals surface area contributed by atoms with Crippen molar-refractivity contribution in [1.29, 1.82) is 0 Å². The van der Waals surface area contributed by atoms with Crippen LogP contribution in [0.15, 0.2) is 42.6 Å². The van der Waals surface area contributed by atoms with Crippen LogP contribution in [0.25, 0.3) is 10.9 Å². The average molecular weight is 364 g/mol. The highest BCUT2D eigenvalue weighted by atomic mass is 16.3. The second kappa shape index (κ2) is 7.48. The van der Waals surface area contributed by atoms with E-state index >= 15 is 0 Å². The molecule has 1 amide bonds. The van der Waals surface area contributed by atoms with Crippen LogP contribution in [0, 0.1) is 12.8 Å². The molecule has 0 unspecified atom stereocenters. The molecule has 4 rings (SSSR count). The Morgan fingerprint density at radius 2 is 2.04 bits per heavy atom. The number of aromatic nitrogens is 3. The number of aliphatic hydroxyl groups excluding tert-OH is 1. The number of fused-ring (bicyclic) bond motifs is 1. The zero-order valence-corrected chi connectivity index (χ0v) is 15.4. The molecule has 1 saturated carbocycles. The largest absolute Gasteiger partial charge is 0.396 e. The number of hydrogen-bond donors (Lipinski definition) is 2. The summed E-state index contributed by atoms with van der Waals surface area (Å²) in [5.74, 6) is 0.219. The quantitative estimate of drug-likeness (QED) is 0.739. The van der Waals surface area contributed by atoms with E-state index in [-0.39, 0.29) is 12.5 Å². The van der Waals surface area contributed by atoms with Gasteiger partial charge >= 0.3 is 0 Å². The molecule has 27 heavy (non-hydrogen) atoms. The summed E-state index contributed by atoms with van der Waals surface area (Å²) in [6, 6.07) is 11.5. The molecular formula is C21H24N4O2. The van der Waals surface area contributed by atoms with Gasteiger partial charge in [0.25, 0.3) is 5.91 Å². The number of carbonyl (C=O) groups is 1. The topological polar surface area (TPSA) is 80.0 Å².